The van der Waals surface area contributed by atoms with E-state index in [9.17, 15) is 0 Å². The fourth-order valence-corrected chi connectivity index (χ4v) is 5.26. The van der Waals surface area contributed by atoms with E-state index < -0.39 is 0 Å². The fraction of sp³-hybridized carbons (Fsp3) is 0.167. The zero-order valence-electron chi connectivity index (χ0n) is 16.4. The Kier molecular flexibility index (Phi) is 5.21. The van der Waals surface area contributed by atoms with Gasteiger partial charge in [-0.15, -0.1) is 0 Å². The van der Waals surface area contributed by atoms with Crippen LogP contribution in [0, 0.1) is 6.92 Å². The van der Waals surface area contributed by atoms with Crippen molar-refractivity contribution in [2.45, 2.75) is 19.9 Å². The molecule has 2 heterocycles. The molecule has 5 rings (SSSR count). The van der Waals surface area contributed by atoms with Crippen LogP contribution >= 0.6 is 31.9 Å². The van der Waals surface area contributed by atoms with Gasteiger partial charge < -0.3 is 9.30 Å². The molecule has 0 saturated heterocycles. The molecule has 4 nitrogen and oxygen atoms in total. The van der Waals surface area contributed by atoms with Crippen LogP contribution < -0.4 is 4.74 Å². The summed E-state index contributed by atoms with van der Waals surface area (Å²) in [5.74, 6) is 0.910. The van der Waals surface area contributed by atoms with Crippen molar-refractivity contribution in [1.29, 1.82) is 0 Å². The minimum absolute atomic E-state index is 0.639. The molecule has 0 unspecified atom stereocenters. The normalized spacial score (nSPS) is 11.6. The minimum Gasteiger partial charge on any atom is -0.494 e. The summed E-state index contributed by atoms with van der Waals surface area (Å²) in [7, 11) is 0. The lowest BCUT2D eigenvalue weighted by atomic mass is 10.2. The van der Waals surface area contributed by atoms with Crippen LogP contribution in [0.2, 0.25) is 0 Å². The summed E-state index contributed by atoms with van der Waals surface area (Å²) < 4.78 is 10.2. The van der Waals surface area contributed by atoms with E-state index in [-0.39, 0.29) is 0 Å². The van der Waals surface area contributed by atoms with Gasteiger partial charge in [0, 0.05) is 20.9 Å². The molecule has 0 atom stereocenters. The summed E-state index contributed by atoms with van der Waals surface area (Å²) in [6, 6.07) is 20.4. The largest absolute Gasteiger partial charge is 0.494 e. The van der Waals surface area contributed by atoms with E-state index in [2.05, 4.69) is 67.6 Å². The second-order valence-corrected chi connectivity index (χ2v) is 9.11. The lowest BCUT2D eigenvalue weighted by molar-refractivity contribution is 0.303. The van der Waals surface area contributed by atoms with E-state index in [4.69, 9.17) is 14.7 Å². The number of benzene rings is 3. The zero-order valence-corrected chi connectivity index (χ0v) is 19.6. The first-order valence-corrected chi connectivity index (χ1v) is 11.4. The first kappa shape index (κ1) is 19.5. The molecule has 0 fully saturated rings. The molecule has 0 aliphatic rings. The van der Waals surface area contributed by atoms with Gasteiger partial charge in [0.2, 0.25) is 0 Å². The summed E-state index contributed by atoms with van der Waals surface area (Å²) >= 11 is 7.36. The number of halogens is 2. The number of fused-ring (bicyclic) bond motifs is 4. The summed E-state index contributed by atoms with van der Waals surface area (Å²) in [6.45, 7) is 3.50. The van der Waals surface area contributed by atoms with Gasteiger partial charge in [-0.25, -0.2) is 9.97 Å². The van der Waals surface area contributed by atoms with Crippen LogP contribution in [0.25, 0.3) is 33.1 Å². The van der Waals surface area contributed by atoms with Crippen molar-refractivity contribution in [2.75, 3.05) is 6.61 Å². The number of aryl methyl sites for hydroxylation is 2. The number of aromatic nitrogens is 3. The third-order valence-corrected chi connectivity index (χ3v) is 6.21. The molecule has 2 aromatic heterocycles. The highest BCUT2D eigenvalue weighted by atomic mass is 79.9. The first-order chi connectivity index (χ1) is 14.6. The van der Waals surface area contributed by atoms with Crippen molar-refractivity contribution in [3.05, 3.63) is 75.2 Å². The molecule has 0 N–H and O–H groups in total. The maximum absolute atomic E-state index is 5.96. The third kappa shape index (κ3) is 3.59. The van der Waals surface area contributed by atoms with Crippen LogP contribution in [0.5, 0.6) is 5.75 Å². The Morgan fingerprint density at radius 3 is 2.53 bits per heavy atom. The van der Waals surface area contributed by atoms with Crippen LogP contribution in [0.15, 0.2) is 69.6 Å². The highest BCUT2D eigenvalue weighted by Gasteiger charge is 2.17. The van der Waals surface area contributed by atoms with Crippen molar-refractivity contribution in [3.8, 4) is 5.75 Å². The van der Waals surface area contributed by atoms with Crippen LogP contribution in [-0.2, 0) is 6.54 Å². The van der Waals surface area contributed by atoms with E-state index in [0.717, 1.165) is 60.8 Å². The average molecular weight is 525 g/mol. The zero-order chi connectivity index (χ0) is 20.7. The Balaban J connectivity index is 1.54. The third-order valence-electron chi connectivity index (χ3n) is 5.15. The fourth-order valence-electron chi connectivity index (χ4n) is 3.82. The Hall–Kier alpha value is -2.44. The Morgan fingerprint density at radius 2 is 1.73 bits per heavy atom. The van der Waals surface area contributed by atoms with Gasteiger partial charge in [-0.1, -0.05) is 40.2 Å². The molecular formula is C24H19Br2N3O. The summed E-state index contributed by atoms with van der Waals surface area (Å²) in [6.07, 6.45) is 0.865. The Bertz CT molecular complexity index is 1390. The monoisotopic (exact) mass is 523 g/mol. The summed E-state index contributed by atoms with van der Waals surface area (Å²) in [4.78, 5) is 9.90. The van der Waals surface area contributed by atoms with Crippen molar-refractivity contribution in [3.63, 3.8) is 0 Å². The van der Waals surface area contributed by atoms with Gasteiger partial charge in [0.25, 0.3) is 0 Å². The number of nitrogens with zero attached hydrogens (tertiary/aromatic N) is 3. The van der Waals surface area contributed by atoms with Gasteiger partial charge in [0.1, 0.15) is 11.3 Å². The van der Waals surface area contributed by atoms with E-state index in [1.807, 2.05) is 36.4 Å². The molecule has 0 radical (unpaired) electrons. The van der Waals surface area contributed by atoms with Crippen LogP contribution in [0.3, 0.4) is 0 Å². The SMILES string of the molecule is Cc1cccc(OCCCn2c3nc4ccccc4nc3c3cc(Br)cc(Br)c32)c1. The molecule has 0 saturated carbocycles. The molecule has 0 spiro atoms. The second-order valence-electron chi connectivity index (χ2n) is 7.34. The lowest BCUT2D eigenvalue weighted by Crippen LogP contribution is -2.05. The summed E-state index contributed by atoms with van der Waals surface area (Å²) in [5.41, 5.74) is 5.94. The molecule has 150 valence electrons. The summed E-state index contributed by atoms with van der Waals surface area (Å²) in [5, 5.41) is 1.09. The minimum atomic E-state index is 0.639. The lowest BCUT2D eigenvalue weighted by Gasteiger charge is -2.10. The van der Waals surface area contributed by atoms with Gasteiger partial charge in [0.15, 0.2) is 5.65 Å². The maximum atomic E-state index is 5.96. The van der Waals surface area contributed by atoms with Gasteiger partial charge in [-0.05, 0) is 71.2 Å². The quantitative estimate of drug-likeness (QED) is 0.231. The highest BCUT2D eigenvalue weighted by molar-refractivity contribution is 9.11. The molecular weight excluding hydrogens is 506 g/mol. The predicted molar refractivity (Wildman–Crippen MR) is 129 cm³/mol. The number of ether oxygens (including phenoxy) is 1. The van der Waals surface area contributed by atoms with Crippen molar-refractivity contribution >= 4 is 65.0 Å². The molecule has 6 heteroatoms. The average Bonchev–Trinajstić information content (AvgIpc) is 3.02. The van der Waals surface area contributed by atoms with Gasteiger partial charge in [-0.3, -0.25) is 0 Å². The highest BCUT2D eigenvalue weighted by Crippen LogP contribution is 2.35. The van der Waals surface area contributed by atoms with Gasteiger partial charge >= 0.3 is 0 Å². The van der Waals surface area contributed by atoms with E-state index >= 15 is 0 Å². The molecule has 5 aromatic rings. The number of hydrogen-bond acceptors (Lipinski definition) is 3. The van der Waals surface area contributed by atoms with E-state index in [1.54, 1.807) is 0 Å². The van der Waals surface area contributed by atoms with Crippen LogP contribution in [-0.4, -0.2) is 21.1 Å². The molecule has 3 aromatic carbocycles. The van der Waals surface area contributed by atoms with Crippen molar-refractivity contribution in [2.24, 2.45) is 0 Å². The van der Waals surface area contributed by atoms with Gasteiger partial charge in [-0.2, -0.15) is 0 Å². The van der Waals surface area contributed by atoms with Crippen molar-refractivity contribution in [1.82, 2.24) is 14.5 Å². The van der Waals surface area contributed by atoms with Crippen LogP contribution in [0.1, 0.15) is 12.0 Å². The van der Waals surface area contributed by atoms with E-state index in [0.29, 0.717) is 6.61 Å². The second kappa shape index (κ2) is 8.00. The standard InChI is InChI=1S/C24H19Br2N3O/c1-15-6-4-7-17(12-15)30-11-5-10-29-23-18(13-16(25)14-19(23)26)22-24(29)28-21-9-3-2-8-20(21)27-22/h2-4,6-9,12-14H,5,10-11H2,1H3. The Morgan fingerprint density at radius 1 is 0.933 bits per heavy atom. The number of hydrogen-bond donors (Lipinski definition) is 0. The molecule has 0 aliphatic carbocycles. The molecule has 0 aliphatic heterocycles. The maximum Gasteiger partial charge on any atom is 0.160 e. The smallest absolute Gasteiger partial charge is 0.160 e. The van der Waals surface area contributed by atoms with E-state index in [1.165, 1.54) is 5.56 Å². The predicted octanol–water partition coefficient (Wildman–Crippen LogP) is 7.04. The molecule has 0 amide bonds. The van der Waals surface area contributed by atoms with Crippen molar-refractivity contribution < 1.29 is 4.74 Å². The molecule has 0 bridgehead atoms. The van der Waals surface area contributed by atoms with Crippen LogP contribution in [0.4, 0.5) is 0 Å². The number of para-hydroxylation sites is 2. The Labute approximate surface area is 191 Å². The molecule has 30 heavy (non-hydrogen) atoms. The van der Waals surface area contributed by atoms with Gasteiger partial charge in [0.05, 0.1) is 23.2 Å². The first-order valence-electron chi connectivity index (χ1n) is 9.83. The topological polar surface area (TPSA) is 39.9 Å². The number of rotatable bonds is 5.